The van der Waals surface area contributed by atoms with Crippen LogP contribution in [0, 0.1) is 5.92 Å². The lowest BCUT2D eigenvalue weighted by atomic mass is 9.80. The number of rotatable bonds is 4. The Labute approximate surface area is 107 Å². The first-order valence-corrected chi connectivity index (χ1v) is 6.32. The number of benzene rings is 1. The van der Waals surface area contributed by atoms with Crippen molar-refractivity contribution in [2.45, 2.75) is 25.3 Å². The molecule has 1 aromatic rings. The van der Waals surface area contributed by atoms with Crippen LogP contribution in [0.2, 0.25) is 0 Å². The van der Waals surface area contributed by atoms with Gasteiger partial charge in [0.15, 0.2) is 0 Å². The fourth-order valence-electron chi connectivity index (χ4n) is 2.40. The summed E-state index contributed by atoms with van der Waals surface area (Å²) in [5, 5.41) is 9.35. The molecule has 0 aliphatic heterocycles. The normalized spacial score (nSPS) is 22.3. The minimum absolute atomic E-state index is 0.0843. The van der Waals surface area contributed by atoms with Crippen LogP contribution in [0.25, 0.3) is 0 Å². The summed E-state index contributed by atoms with van der Waals surface area (Å²) in [6, 6.07) is 7.16. The predicted molar refractivity (Wildman–Crippen MR) is 70.1 cm³/mol. The molecule has 3 N–H and O–H groups in total. The molecule has 1 fully saturated rings. The van der Waals surface area contributed by atoms with Gasteiger partial charge in [-0.2, -0.15) is 0 Å². The van der Waals surface area contributed by atoms with Gasteiger partial charge in [0.2, 0.25) is 5.91 Å². The summed E-state index contributed by atoms with van der Waals surface area (Å²) >= 11 is 0. The van der Waals surface area contributed by atoms with E-state index < -0.39 is 0 Å². The number of carbonyl (C=O) groups excluding carboxylic acids is 1. The molecule has 0 heterocycles. The number of hydrogen-bond donors (Lipinski definition) is 2. The average molecular weight is 248 g/mol. The van der Waals surface area contributed by atoms with E-state index in [2.05, 4.69) is 0 Å². The van der Waals surface area contributed by atoms with Crippen LogP contribution in [0.15, 0.2) is 24.3 Å². The molecule has 0 unspecified atom stereocenters. The van der Waals surface area contributed by atoms with Gasteiger partial charge in [0, 0.05) is 19.6 Å². The maximum atomic E-state index is 12.0. The Kier molecular flexibility index (Phi) is 3.87. The maximum Gasteiger partial charge on any atom is 0.226 e. The quantitative estimate of drug-likeness (QED) is 0.839. The van der Waals surface area contributed by atoms with E-state index in [0.717, 1.165) is 24.9 Å². The summed E-state index contributed by atoms with van der Waals surface area (Å²) in [6.07, 6.45) is 2.37. The van der Waals surface area contributed by atoms with E-state index in [0.29, 0.717) is 18.4 Å². The van der Waals surface area contributed by atoms with Crippen LogP contribution in [0.1, 0.15) is 18.4 Å². The first kappa shape index (κ1) is 12.9. The van der Waals surface area contributed by atoms with Crippen molar-refractivity contribution in [1.82, 2.24) is 4.90 Å². The van der Waals surface area contributed by atoms with Crippen LogP contribution in [0.4, 0.5) is 0 Å². The lowest BCUT2D eigenvalue weighted by Crippen LogP contribution is -2.43. The standard InChI is InChI=1S/C14H20N2O2/c1-16(9-11-5-12(15)6-11)14(18)8-10-3-2-4-13(17)7-10/h2-4,7,11-12,17H,5-6,8-9,15H2,1H3. The Morgan fingerprint density at radius 2 is 2.22 bits per heavy atom. The minimum Gasteiger partial charge on any atom is -0.508 e. The highest BCUT2D eigenvalue weighted by atomic mass is 16.3. The molecule has 0 spiro atoms. The number of carbonyl (C=O) groups is 1. The number of hydrogen-bond acceptors (Lipinski definition) is 3. The molecule has 0 bridgehead atoms. The van der Waals surface area contributed by atoms with E-state index in [4.69, 9.17) is 5.73 Å². The van der Waals surface area contributed by atoms with Crippen LogP contribution < -0.4 is 5.73 Å². The fraction of sp³-hybridized carbons (Fsp3) is 0.500. The van der Waals surface area contributed by atoms with Crippen molar-refractivity contribution in [3.05, 3.63) is 29.8 Å². The predicted octanol–water partition coefficient (Wildman–Crippen LogP) is 1.13. The third-order valence-corrected chi connectivity index (χ3v) is 3.50. The molecule has 4 heteroatoms. The lowest BCUT2D eigenvalue weighted by Gasteiger charge is -2.35. The molecule has 98 valence electrons. The molecule has 1 aromatic carbocycles. The molecule has 18 heavy (non-hydrogen) atoms. The fourth-order valence-corrected chi connectivity index (χ4v) is 2.40. The van der Waals surface area contributed by atoms with Crippen LogP contribution in [0.3, 0.4) is 0 Å². The summed E-state index contributed by atoms with van der Waals surface area (Å²) in [5.41, 5.74) is 6.57. The van der Waals surface area contributed by atoms with Gasteiger partial charge in [0.1, 0.15) is 5.75 Å². The van der Waals surface area contributed by atoms with Crippen molar-refractivity contribution in [2.24, 2.45) is 11.7 Å². The van der Waals surface area contributed by atoms with Gasteiger partial charge in [0.05, 0.1) is 6.42 Å². The molecular formula is C14H20N2O2. The monoisotopic (exact) mass is 248 g/mol. The number of amides is 1. The van der Waals surface area contributed by atoms with Crippen LogP contribution in [0.5, 0.6) is 5.75 Å². The molecule has 1 saturated carbocycles. The second kappa shape index (κ2) is 5.40. The second-order valence-corrected chi connectivity index (χ2v) is 5.22. The Bertz CT molecular complexity index is 428. The third-order valence-electron chi connectivity index (χ3n) is 3.50. The summed E-state index contributed by atoms with van der Waals surface area (Å²) in [6.45, 7) is 0.783. The topological polar surface area (TPSA) is 66.6 Å². The van der Waals surface area contributed by atoms with E-state index in [1.54, 1.807) is 23.1 Å². The maximum absolute atomic E-state index is 12.0. The first-order valence-electron chi connectivity index (χ1n) is 6.32. The molecule has 0 aromatic heterocycles. The molecular weight excluding hydrogens is 228 g/mol. The number of aromatic hydroxyl groups is 1. The van der Waals surface area contributed by atoms with Gasteiger partial charge < -0.3 is 15.7 Å². The number of phenolic OH excluding ortho intramolecular Hbond substituents is 1. The van der Waals surface area contributed by atoms with E-state index >= 15 is 0 Å². The summed E-state index contributed by atoms with van der Waals surface area (Å²) in [4.78, 5) is 13.8. The van der Waals surface area contributed by atoms with Crippen LogP contribution >= 0.6 is 0 Å². The SMILES string of the molecule is CN(CC1CC(N)C1)C(=O)Cc1cccc(O)c1. The zero-order valence-corrected chi connectivity index (χ0v) is 10.7. The Morgan fingerprint density at radius 3 is 2.83 bits per heavy atom. The van der Waals surface area contributed by atoms with Gasteiger partial charge in [-0.1, -0.05) is 12.1 Å². The van der Waals surface area contributed by atoms with Gasteiger partial charge in [-0.3, -0.25) is 4.79 Å². The average Bonchev–Trinajstić information content (AvgIpc) is 2.26. The number of likely N-dealkylation sites (N-methyl/N-ethyl adjacent to an activating group) is 1. The Hall–Kier alpha value is -1.55. The van der Waals surface area contributed by atoms with Crippen molar-refractivity contribution >= 4 is 5.91 Å². The van der Waals surface area contributed by atoms with Crippen LogP contribution in [-0.2, 0) is 11.2 Å². The van der Waals surface area contributed by atoms with Crippen molar-refractivity contribution in [2.75, 3.05) is 13.6 Å². The van der Waals surface area contributed by atoms with Gasteiger partial charge in [-0.15, -0.1) is 0 Å². The van der Waals surface area contributed by atoms with E-state index in [1.807, 2.05) is 13.1 Å². The molecule has 1 aliphatic carbocycles. The van der Waals surface area contributed by atoms with Gasteiger partial charge >= 0.3 is 0 Å². The van der Waals surface area contributed by atoms with Gasteiger partial charge in [0.25, 0.3) is 0 Å². The summed E-state index contributed by atoms with van der Waals surface area (Å²) < 4.78 is 0. The first-order chi connectivity index (χ1) is 8.54. The highest BCUT2D eigenvalue weighted by Gasteiger charge is 2.27. The van der Waals surface area contributed by atoms with Crippen molar-refractivity contribution in [1.29, 1.82) is 0 Å². The molecule has 0 radical (unpaired) electrons. The Balaban J connectivity index is 1.83. The van der Waals surface area contributed by atoms with Gasteiger partial charge in [-0.05, 0) is 36.5 Å². The molecule has 1 aliphatic rings. The highest BCUT2D eigenvalue weighted by Crippen LogP contribution is 2.26. The Morgan fingerprint density at radius 1 is 1.50 bits per heavy atom. The van der Waals surface area contributed by atoms with Crippen molar-refractivity contribution < 1.29 is 9.90 Å². The van der Waals surface area contributed by atoms with Crippen molar-refractivity contribution in [3.63, 3.8) is 0 Å². The minimum atomic E-state index is 0.0843. The number of phenols is 1. The van der Waals surface area contributed by atoms with E-state index in [1.165, 1.54) is 0 Å². The van der Waals surface area contributed by atoms with Crippen molar-refractivity contribution in [3.8, 4) is 5.75 Å². The molecule has 2 rings (SSSR count). The molecule has 0 atom stereocenters. The summed E-state index contributed by atoms with van der Waals surface area (Å²) in [5.74, 6) is 0.840. The van der Waals surface area contributed by atoms with E-state index in [-0.39, 0.29) is 11.7 Å². The van der Waals surface area contributed by atoms with Gasteiger partial charge in [-0.25, -0.2) is 0 Å². The number of nitrogens with two attached hydrogens (primary N) is 1. The molecule has 4 nitrogen and oxygen atoms in total. The highest BCUT2D eigenvalue weighted by molar-refractivity contribution is 5.78. The largest absolute Gasteiger partial charge is 0.508 e. The lowest BCUT2D eigenvalue weighted by molar-refractivity contribution is -0.130. The van der Waals surface area contributed by atoms with E-state index in [9.17, 15) is 9.90 Å². The number of nitrogens with zero attached hydrogens (tertiary/aromatic N) is 1. The van der Waals surface area contributed by atoms with Crippen LogP contribution in [-0.4, -0.2) is 35.5 Å². The third kappa shape index (κ3) is 3.23. The second-order valence-electron chi connectivity index (χ2n) is 5.22. The zero-order valence-electron chi connectivity index (χ0n) is 10.7. The zero-order chi connectivity index (χ0) is 13.1. The molecule has 0 saturated heterocycles. The summed E-state index contributed by atoms with van der Waals surface area (Å²) in [7, 11) is 1.83. The molecule has 1 amide bonds. The smallest absolute Gasteiger partial charge is 0.226 e.